The van der Waals surface area contributed by atoms with Gasteiger partial charge in [0.2, 0.25) is 0 Å². The van der Waals surface area contributed by atoms with Crippen molar-refractivity contribution in [1.29, 1.82) is 0 Å². The second-order valence-electron chi connectivity index (χ2n) is 6.12. The standard InChI is InChI=1S/C16H24N4/c1-6-15-17-7-8-20(15)14-9-12(2)18-10-13(14)11-19-16(3,4)5/h7-10,19H,6,11H2,1-5H3. The van der Waals surface area contributed by atoms with Crippen molar-refractivity contribution in [2.24, 2.45) is 0 Å². The van der Waals surface area contributed by atoms with Crippen molar-refractivity contribution in [3.8, 4) is 5.69 Å². The number of hydrogen-bond acceptors (Lipinski definition) is 3. The minimum absolute atomic E-state index is 0.0880. The number of aryl methyl sites for hydroxylation is 2. The highest BCUT2D eigenvalue weighted by Gasteiger charge is 2.13. The van der Waals surface area contributed by atoms with Crippen LogP contribution < -0.4 is 5.32 Å². The third-order valence-electron chi connectivity index (χ3n) is 3.20. The average Bonchev–Trinajstić information content (AvgIpc) is 2.84. The highest BCUT2D eigenvalue weighted by atomic mass is 15.1. The lowest BCUT2D eigenvalue weighted by atomic mass is 10.1. The van der Waals surface area contributed by atoms with Crippen molar-refractivity contribution in [3.05, 3.63) is 41.7 Å². The molecule has 2 rings (SSSR count). The van der Waals surface area contributed by atoms with Gasteiger partial charge in [-0.15, -0.1) is 0 Å². The number of hydrogen-bond donors (Lipinski definition) is 1. The molecule has 0 spiro atoms. The molecule has 0 amide bonds. The molecule has 2 heterocycles. The molecule has 0 aliphatic heterocycles. The normalized spacial score (nSPS) is 11.8. The topological polar surface area (TPSA) is 42.7 Å². The van der Waals surface area contributed by atoms with Crippen LogP contribution in [0.15, 0.2) is 24.7 Å². The molecule has 0 saturated heterocycles. The first-order valence-corrected chi connectivity index (χ1v) is 7.14. The Morgan fingerprint density at radius 2 is 2.00 bits per heavy atom. The van der Waals surface area contributed by atoms with Crippen LogP contribution >= 0.6 is 0 Å². The van der Waals surface area contributed by atoms with Gasteiger partial charge in [0, 0.05) is 48.4 Å². The molecule has 0 aliphatic rings. The van der Waals surface area contributed by atoms with Gasteiger partial charge in [-0.2, -0.15) is 0 Å². The number of aromatic nitrogens is 3. The summed E-state index contributed by atoms with van der Waals surface area (Å²) in [6.07, 6.45) is 6.76. The second kappa shape index (κ2) is 5.75. The van der Waals surface area contributed by atoms with E-state index in [1.807, 2.05) is 25.5 Å². The minimum Gasteiger partial charge on any atom is -0.308 e. The van der Waals surface area contributed by atoms with Crippen LogP contribution in [-0.2, 0) is 13.0 Å². The molecule has 0 aromatic carbocycles. The van der Waals surface area contributed by atoms with E-state index >= 15 is 0 Å². The molecule has 0 unspecified atom stereocenters. The lowest BCUT2D eigenvalue weighted by Gasteiger charge is -2.22. The highest BCUT2D eigenvalue weighted by molar-refractivity contribution is 5.42. The Morgan fingerprint density at radius 1 is 1.25 bits per heavy atom. The summed E-state index contributed by atoms with van der Waals surface area (Å²) in [5, 5.41) is 3.52. The van der Waals surface area contributed by atoms with Gasteiger partial charge < -0.3 is 9.88 Å². The molecule has 0 fully saturated rings. The van der Waals surface area contributed by atoms with Crippen molar-refractivity contribution in [2.75, 3.05) is 0 Å². The van der Waals surface area contributed by atoms with Gasteiger partial charge in [-0.25, -0.2) is 4.98 Å². The molecule has 0 bridgehead atoms. The van der Waals surface area contributed by atoms with E-state index in [4.69, 9.17) is 0 Å². The van der Waals surface area contributed by atoms with Crippen LogP contribution in [0.4, 0.5) is 0 Å². The lowest BCUT2D eigenvalue weighted by molar-refractivity contribution is 0.423. The Balaban J connectivity index is 2.38. The van der Waals surface area contributed by atoms with E-state index in [-0.39, 0.29) is 5.54 Å². The number of imidazole rings is 1. The molecule has 0 aliphatic carbocycles. The maximum absolute atomic E-state index is 4.43. The van der Waals surface area contributed by atoms with Crippen LogP contribution in [0.3, 0.4) is 0 Å². The second-order valence-corrected chi connectivity index (χ2v) is 6.12. The Kier molecular flexibility index (Phi) is 4.23. The van der Waals surface area contributed by atoms with Crippen molar-refractivity contribution >= 4 is 0 Å². The largest absolute Gasteiger partial charge is 0.308 e. The first-order valence-electron chi connectivity index (χ1n) is 7.14. The quantitative estimate of drug-likeness (QED) is 0.930. The average molecular weight is 272 g/mol. The van der Waals surface area contributed by atoms with Gasteiger partial charge in [0.25, 0.3) is 0 Å². The summed E-state index contributed by atoms with van der Waals surface area (Å²) in [5.41, 5.74) is 3.47. The van der Waals surface area contributed by atoms with Gasteiger partial charge in [0.1, 0.15) is 5.82 Å². The Labute approximate surface area is 121 Å². The van der Waals surface area contributed by atoms with Crippen LogP contribution in [0.5, 0.6) is 0 Å². The van der Waals surface area contributed by atoms with E-state index in [1.165, 1.54) is 11.3 Å². The summed E-state index contributed by atoms with van der Waals surface area (Å²) < 4.78 is 2.16. The van der Waals surface area contributed by atoms with Gasteiger partial charge in [0.15, 0.2) is 0 Å². The molecule has 4 heteroatoms. The van der Waals surface area contributed by atoms with E-state index in [9.17, 15) is 0 Å². The maximum Gasteiger partial charge on any atom is 0.112 e. The number of pyridine rings is 1. The summed E-state index contributed by atoms with van der Waals surface area (Å²) in [7, 11) is 0. The van der Waals surface area contributed by atoms with E-state index in [0.29, 0.717) is 0 Å². The predicted molar refractivity (Wildman–Crippen MR) is 82.1 cm³/mol. The van der Waals surface area contributed by atoms with E-state index in [1.54, 1.807) is 0 Å². The van der Waals surface area contributed by atoms with Crippen LogP contribution in [0, 0.1) is 6.92 Å². The molecule has 0 atom stereocenters. The minimum atomic E-state index is 0.0880. The first kappa shape index (κ1) is 14.7. The molecule has 0 radical (unpaired) electrons. The van der Waals surface area contributed by atoms with Crippen molar-refractivity contribution < 1.29 is 0 Å². The third kappa shape index (κ3) is 3.45. The summed E-state index contributed by atoms with van der Waals surface area (Å²) in [4.78, 5) is 8.84. The zero-order chi connectivity index (χ0) is 14.8. The number of nitrogens with zero attached hydrogens (tertiary/aromatic N) is 3. The van der Waals surface area contributed by atoms with Crippen LogP contribution in [0.1, 0.15) is 44.8 Å². The van der Waals surface area contributed by atoms with Crippen LogP contribution in [-0.4, -0.2) is 20.1 Å². The Hall–Kier alpha value is -1.68. The Morgan fingerprint density at radius 3 is 2.65 bits per heavy atom. The van der Waals surface area contributed by atoms with Gasteiger partial charge in [-0.1, -0.05) is 6.92 Å². The number of rotatable bonds is 4. The summed E-state index contributed by atoms with van der Waals surface area (Å²) >= 11 is 0. The fourth-order valence-electron chi connectivity index (χ4n) is 2.11. The van der Waals surface area contributed by atoms with Crippen LogP contribution in [0.2, 0.25) is 0 Å². The fourth-order valence-corrected chi connectivity index (χ4v) is 2.11. The Bertz CT molecular complexity index is 578. The zero-order valence-corrected chi connectivity index (χ0v) is 13.1. The zero-order valence-electron chi connectivity index (χ0n) is 13.1. The smallest absolute Gasteiger partial charge is 0.112 e. The molecule has 4 nitrogen and oxygen atoms in total. The molecule has 2 aromatic heterocycles. The van der Waals surface area contributed by atoms with Crippen LogP contribution in [0.25, 0.3) is 5.69 Å². The van der Waals surface area contributed by atoms with E-state index in [2.05, 4.69) is 53.6 Å². The van der Waals surface area contributed by atoms with Crippen molar-refractivity contribution in [2.45, 2.75) is 53.1 Å². The summed E-state index contributed by atoms with van der Waals surface area (Å²) in [6, 6.07) is 2.13. The lowest BCUT2D eigenvalue weighted by Crippen LogP contribution is -2.35. The molecular formula is C16H24N4. The fraction of sp³-hybridized carbons (Fsp3) is 0.500. The monoisotopic (exact) mass is 272 g/mol. The molecule has 1 N–H and O–H groups in total. The predicted octanol–water partition coefficient (Wildman–Crippen LogP) is 3.03. The van der Waals surface area contributed by atoms with Gasteiger partial charge >= 0.3 is 0 Å². The molecule has 2 aromatic rings. The molecule has 20 heavy (non-hydrogen) atoms. The summed E-state index contributed by atoms with van der Waals surface area (Å²) in [6.45, 7) is 11.5. The molecule has 108 valence electrons. The molecular weight excluding hydrogens is 248 g/mol. The van der Waals surface area contributed by atoms with E-state index < -0.39 is 0 Å². The SMILES string of the molecule is CCc1nccn1-c1cc(C)ncc1CNC(C)(C)C. The van der Waals surface area contributed by atoms with E-state index in [0.717, 1.165) is 24.5 Å². The number of nitrogens with one attached hydrogen (secondary N) is 1. The molecule has 0 saturated carbocycles. The van der Waals surface area contributed by atoms with Gasteiger partial charge in [0.05, 0.1) is 5.69 Å². The van der Waals surface area contributed by atoms with Crippen molar-refractivity contribution in [1.82, 2.24) is 19.9 Å². The third-order valence-corrected chi connectivity index (χ3v) is 3.20. The summed E-state index contributed by atoms with van der Waals surface area (Å²) in [5.74, 6) is 1.08. The highest BCUT2D eigenvalue weighted by Crippen LogP contribution is 2.18. The van der Waals surface area contributed by atoms with Gasteiger partial charge in [-0.3, -0.25) is 4.98 Å². The first-order chi connectivity index (χ1) is 9.40. The van der Waals surface area contributed by atoms with Crippen molar-refractivity contribution in [3.63, 3.8) is 0 Å². The van der Waals surface area contributed by atoms with Gasteiger partial charge in [-0.05, 0) is 33.8 Å². The maximum atomic E-state index is 4.43.